The second-order valence-electron chi connectivity index (χ2n) is 6.94. The van der Waals surface area contributed by atoms with Crippen LogP contribution in [0.1, 0.15) is 37.8 Å². The van der Waals surface area contributed by atoms with Crippen molar-refractivity contribution in [2.24, 2.45) is 23.5 Å². The summed E-state index contributed by atoms with van der Waals surface area (Å²) in [6, 6.07) is 6.35. The van der Waals surface area contributed by atoms with Crippen LogP contribution in [-0.4, -0.2) is 27.4 Å². The summed E-state index contributed by atoms with van der Waals surface area (Å²) in [5.74, 6) is 0.844. The third kappa shape index (κ3) is 3.84. The van der Waals surface area contributed by atoms with Gasteiger partial charge in [0.25, 0.3) is 0 Å². The Morgan fingerprint density at radius 3 is 2.32 bits per heavy atom. The lowest BCUT2D eigenvalue weighted by Crippen LogP contribution is -2.45. The topological polar surface area (TPSA) is 101 Å². The van der Waals surface area contributed by atoms with Crippen LogP contribution in [0, 0.1) is 17.8 Å². The van der Waals surface area contributed by atoms with Gasteiger partial charge in [0.1, 0.15) is 0 Å². The number of nitrogens with two attached hydrogens (primary N) is 1. The average Bonchev–Trinajstić information content (AvgIpc) is 3.15. The zero-order valence-corrected chi connectivity index (χ0v) is 16.1. The van der Waals surface area contributed by atoms with E-state index < -0.39 is 10.0 Å². The fraction of sp³-hybridized carbons (Fsp3) is 0.588. The van der Waals surface area contributed by atoms with Gasteiger partial charge in [0.15, 0.2) is 0 Å². The van der Waals surface area contributed by atoms with E-state index in [9.17, 15) is 13.2 Å². The van der Waals surface area contributed by atoms with Crippen LogP contribution >= 0.6 is 12.4 Å². The molecule has 0 saturated heterocycles. The molecule has 25 heavy (non-hydrogen) atoms. The van der Waals surface area contributed by atoms with Gasteiger partial charge in [0.2, 0.25) is 15.9 Å². The minimum absolute atomic E-state index is 0. The number of carbonyl (C=O) groups excluding carboxylic acids is 1. The van der Waals surface area contributed by atoms with E-state index in [2.05, 4.69) is 10.0 Å². The zero-order chi connectivity index (χ0) is 17.5. The molecule has 2 bridgehead atoms. The number of amides is 1. The number of halogens is 1. The van der Waals surface area contributed by atoms with Crippen molar-refractivity contribution in [3.63, 3.8) is 0 Å². The Balaban J connectivity index is 0.00000225. The van der Waals surface area contributed by atoms with Crippen molar-refractivity contribution < 1.29 is 13.2 Å². The average molecular weight is 388 g/mol. The molecule has 2 aliphatic rings. The van der Waals surface area contributed by atoms with Gasteiger partial charge in [-0.1, -0.05) is 12.1 Å². The second-order valence-corrected chi connectivity index (χ2v) is 8.83. The molecule has 2 saturated carbocycles. The monoisotopic (exact) mass is 387 g/mol. The van der Waals surface area contributed by atoms with Crippen LogP contribution in [0.25, 0.3) is 0 Å². The number of hydrogen-bond acceptors (Lipinski definition) is 4. The lowest BCUT2D eigenvalue weighted by atomic mass is 9.84. The molecular formula is C17H26ClN3O3S. The number of sulfonamides is 1. The number of benzene rings is 1. The first-order valence-corrected chi connectivity index (χ1v) is 9.91. The SMILES string of the molecule is CNS(=O)(=O)c1ccc(C(C)NC(=O)C2C3CCC(C3)C2N)cc1.Cl. The van der Waals surface area contributed by atoms with E-state index in [0.717, 1.165) is 24.8 Å². The van der Waals surface area contributed by atoms with Crippen molar-refractivity contribution in [1.29, 1.82) is 0 Å². The number of fused-ring (bicyclic) bond motifs is 2. The minimum atomic E-state index is -3.44. The van der Waals surface area contributed by atoms with Crippen LogP contribution in [0.15, 0.2) is 29.2 Å². The molecule has 6 nitrogen and oxygen atoms in total. The summed E-state index contributed by atoms with van der Waals surface area (Å²) in [7, 11) is -2.06. The molecule has 1 aromatic rings. The highest BCUT2D eigenvalue weighted by Crippen LogP contribution is 2.47. The summed E-state index contributed by atoms with van der Waals surface area (Å²) in [4.78, 5) is 12.8. The molecule has 2 aliphatic carbocycles. The van der Waals surface area contributed by atoms with Crippen molar-refractivity contribution in [3.8, 4) is 0 Å². The van der Waals surface area contributed by atoms with E-state index >= 15 is 0 Å². The maximum absolute atomic E-state index is 12.6. The number of hydrogen-bond donors (Lipinski definition) is 3. The second kappa shape index (κ2) is 7.61. The van der Waals surface area contributed by atoms with Crippen molar-refractivity contribution in [2.75, 3.05) is 7.05 Å². The molecule has 2 fully saturated rings. The van der Waals surface area contributed by atoms with E-state index in [1.807, 2.05) is 6.92 Å². The maximum atomic E-state index is 12.6. The molecule has 4 N–H and O–H groups in total. The summed E-state index contributed by atoms with van der Waals surface area (Å²) in [6.07, 6.45) is 3.32. The third-order valence-corrected chi connectivity index (χ3v) is 7.03. The maximum Gasteiger partial charge on any atom is 0.240 e. The Morgan fingerprint density at radius 1 is 1.20 bits per heavy atom. The summed E-state index contributed by atoms with van der Waals surface area (Å²) in [6.45, 7) is 1.90. The Morgan fingerprint density at radius 2 is 1.80 bits per heavy atom. The van der Waals surface area contributed by atoms with Crippen LogP contribution in [0.5, 0.6) is 0 Å². The third-order valence-electron chi connectivity index (χ3n) is 5.60. The summed E-state index contributed by atoms with van der Waals surface area (Å²) in [5, 5.41) is 3.04. The smallest absolute Gasteiger partial charge is 0.240 e. The normalized spacial score (nSPS) is 29.1. The largest absolute Gasteiger partial charge is 0.349 e. The van der Waals surface area contributed by atoms with Gasteiger partial charge in [-0.15, -0.1) is 12.4 Å². The van der Waals surface area contributed by atoms with Gasteiger partial charge in [-0.05, 0) is 62.8 Å². The van der Waals surface area contributed by atoms with Crippen molar-refractivity contribution in [3.05, 3.63) is 29.8 Å². The van der Waals surface area contributed by atoms with Crippen molar-refractivity contribution in [1.82, 2.24) is 10.0 Å². The summed E-state index contributed by atoms with van der Waals surface area (Å²) >= 11 is 0. The van der Waals surface area contributed by atoms with Crippen LogP contribution < -0.4 is 15.8 Å². The molecule has 3 rings (SSSR count). The first kappa shape index (κ1) is 20.2. The van der Waals surface area contributed by atoms with Gasteiger partial charge in [-0.25, -0.2) is 13.1 Å². The van der Waals surface area contributed by atoms with Crippen LogP contribution in [0.3, 0.4) is 0 Å². The lowest BCUT2D eigenvalue weighted by molar-refractivity contribution is -0.127. The van der Waals surface area contributed by atoms with Crippen LogP contribution in [0.4, 0.5) is 0 Å². The zero-order valence-electron chi connectivity index (χ0n) is 14.4. The van der Waals surface area contributed by atoms with Crippen LogP contribution in [0.2, 0.25) is 0 Å². The first-order valence-electron chi connectivity index (χ1n) is 8.43. The van der Waals surface area contributed by atoms with Gasteiger partial charge in [-0.2, -0.15) is 0 Å². The van der Waals surface area contributed by atoms with Gasteiger partial charge < -0.3 is 11.1 Å². The number of nitrogens with one attached hydrogen (secondary N) is 2. The molecular weight excluding hydrogens is 362 g/mol. The van der Waals surface area contributed by atoms with E-state index in [4.69, 9.17) is 5.73 Å². The number of carbonyl (C=O) groups is 1. The quantitative estimate of drug-likeness (QED) is 0.713. The standard InChI is InChI=1S/C17H25N3O3S.ClH/c1-10(11-5-7-14(8-6-11)24(22,23)19-2)20-17(21)15-12-3-4-13(9-12)16(15)18;/h5-8,10,12-13,15-16,19H,3-4,9,18H2,1-2H3,(H,20,21);1H. The van der Waals surface area contributed by atoms with E-state index in [0.29, 0.717) is 11.8 Å². The molecule has 0 heterocycles. The Labute approximate surface area is 155 Å². The molecule has 5 unspecified atom stereocenters. The lowest BCUT2D eigenvalue weighted by Gasteiger charge is -2.28. The van der Waals surface area contributed by atoms with Gasteiger partial charge in [-0.3, -0.25) is 4.79 Å². The molecule has 0 aromatic heterocycles. The molecule has 1 amide bonds. The van der Waals surface area contributed by atoms with E-state index in [-0.39, 0.29) is 41.2 Å². The fourth-order valence-electron chi connectivity index (χ4n) is 4.17. The predicted molar refractivity (Wildman–Crippen MR) is 98.8 cm³/mol. The Hall–Kier alpha value is -1.15. The Kier molecular flexibility index (Phi) is 6.14. The summed E-state index contributed by atoms with van der Waals surface area (Å²) in [5.41, 5.74) is 7.10. The van der Waals surface area contributed by atoms with Gasteiger partial charge in [0, 0.05) is 6.04 Å². The molecule has 0 radical (unpaired) electrons. The molecule has 1 aromatic carbocycles. The summed E-state index contributed by atoms with van der Waals surface area (Å²) < 4.78 is 25.8. The van der Waals surface area contributed by atoms with E-state index in [1.165, 1.54) is 7.05 Å². The predicted octanol–water partition coefficient (Wildman–Crippen LogP) is 1.57. The molecule has 8 heteroatoms. The molecule has 0 aliphatic heterocycles. The molecule has 0 spiro atoms. The van der Waals surface area contributed by atoms with Crippen molar-refractivity contribution in [2.45, 2.75) is 43.2 Å². The highest BCUT2D eigenvalue weighted by molar-refractivity contribution is 7.89. The molecule has 140 valence electrons. The molecule has 5 atom stereocenters. The first-order chi connectivity index (χ1) is 11.3. The number of rotatable bonds is 5. The van der Waals surface area contributed by atoms with Crippen molar-refractivity contribution >= 4 is 28.3 Å². The fourth-order valence-corrected chi connectivity index (χ4v) is 4.90. The minimum Gasteiger partial charge on any atom is -0.349 e. The highest BCUT2D eigenvalue weighted by atomic mass is 35.5. The van der Waals surface area contributed by atoms with Gasteiger partial charge >= 0.3 is 0 Å². The van der Waals surface area contributed by atoms with Gasteiger partial charge in [0.05, 0.1) is 16.9 Å². The van der Waals surface area contributed by atoms with E-state index in [1.54, 1.807) is 24.3 Å². The highest BCUT2D eigenvalue weighted by Gasteiger charge is 2.49. The Bertz CT molecular complexity index is 721. The van der Waals surface area contributed by atoms with Crippen LogP contribution in [-0.2, 0) is 14.8 Å².